The average Bonchev–Trinajstić information content (AvgIpc) is 3.02. The van der Waals surface area contributed by atoms with Crippen LogP contribution >= 0.6 is 0 Å². The van der Waals surface area contributed by atoms with Gasteiger partial charge in [-0.2, -0.15) is 5.26 Å². The topological polar surface area (TPSA) is 52.8 Å². The van der Waals surface area contributed by atoms with Gasteiger partial charge in [-0.1, -0.05) is 0 Å². The molecule has 1 fully saturated rings. The first-order chi connectivity index (χ1) is 6.79. The fraction of sp³-hybridized carbons (Fsp3) is 0.500. The van der Waals surface area contributed by atoms with Gasteiger partial charge in [0.25, 0.3) is 0 Å². The second kappa shape index (κ2) is 3.62. The predicted molar refractivity (Wildman–Crippen MR) is 52.7 cm³/mol. The van der Waals surface area contributed by atoms with Gasteiger partial charge in [-0.05, 0) is 24.8 Å². The molecular weight excluding hydrogens is 176 g/mol. The Morgan fingerprint density at radius 1 is 1.64 bits per heavy atom. The molecule has 2 rings (SSSR count). The van der Waals surface area contributed by atoms with Gasteiger partial charge >= 0.3 is 0 Å². The molecule has 0 aromatic carbocycles. The summed E-state index contributed by atoms with van der Waals surface area (Å²) in [6.45, 7) is 1.03. The Morgan fingerprint density at radius 3 is 3.07 bits per heavy atom. The van der Waals surface area contributed by atoms with Crippen LogP contribution in [0.2, 0.25) is 0 Å². The van der Waals surface area contributed by atoms with Crippen LogP contribution in [-0.2, 0) is 0 Å². The summed E-state index contributed by atoms with van der Waals surface area (Å²) in [5.74, 6) is 1.90. The van der Waals surface area contributed by atoms with E-state index in [1.807, 2.05) is 19.2 Å². The SMILES string of the molecule is CN(CC1CC1)c1ccnc(C#N)n1. The van der Waals surface area contributed by atoms with Gasteiger partial charge in [-0.15, -0.1) is 0 Å². The summed E-state index contributed by atoms with van der Waals surface area (Å²) in [7, 11) is 2.00. The Morgan fingerprint density at radius 2 is 2.43 bits per heavy atom. The first kappa shape index (κ1) is 8.95. The number of anilines is 1. The minimum Gasteiger partial charge on any atom is -0.359 e. The van der Waals surface area contributed by atoms with E-state index in [1.54, 1.807) is 6.20 Å². The lowest BCUT2D eigenvalue weighted by Gasteiger charge is -2.17. The predicted octanol–water partition coefficient (Wildman–Crippen LogP) is 1.19. The minimum atomic E-state index is 0.241. The molecule has 0 amide bonds. The maximum absolute atomic E-state index is 8.64. The smallest absolute Gasteiger partial charge is 0.234 e. The van der Waals surface area contributed by atoms with Crippen molar-refractivity contribution in [3.8, 4) is 6.07 Å². The molecule has 1 saturated carbocycles. The maximum atomic E-state index is 8.64. The molecule has 0 saturated heterocycles. The van der Waals surface area contributed by atoms with Crippen LogP contribution in [-0.4, -0.2) is 23.6 Å². The second-order valence-corrected chi connectivity index (χ2v) is 3.67. The van der Waals surface area contributed by atoms with Crippen molar-refractivity contribution in [3.05, 3.63) is 18.1 Å². The highest BCUT2D eigenvalue weighted by Crippen LogP contribution is 2.30. The largest absolute Gasteiger partial charge is 0.359 e. The van der Waals surface area contributed by atoms with Gasteiger partial charge < -0.3 is 4.90 Å². The first-order valence-corrected chi connectivity index (χ1v) is 4.74. The van der Waals surface area contributed by atoms with E-state index in [4.69, 9.17) is 5.26 Å². The lowest BCUT2D eigenvalue weighted by atomic mass is 10.4. The van der Waals surface area contributed by atoms with Crippen LogP contribution in [0.15, 0.2) is 12.3 Å². The highest BCUT2D eigenvalue weighted by Gasteiger charge is 2.23. The number of rotatable bonds is 3. The lowest BCUT2D eigenvalue weighted by Crippen LogP contribution is -2.21. The van der Waals surface area contributed by atoms with Crippen LogP contribution in [0, 0.1) is 17.2 Å². The molecule has 4 heteroatoms. The monoisotopic (exact) mass is 188 g/mol. The number of hydrogen-bond donors (Lipinski definition) is 0. The van der Waals surface area contributed by atoms with E-state index < -0.39 is 0 Å². The molecule has 4 nitrogen and oxygen atoms in total. The van der Waals surface area contributed by atoms with E-state index >= 15 is 0 Å². The Balaban J connectivity index is 2.09. The summed E-state index contributed by atoms with van der Waals surface area (Å²) in [6.07, 6.45) is 4.27. The summed E-state index contributed by atoms with van der Waals surface area (Å²) in [5, 5.41) is 8.64. The Kier molecular flexibility index (Phi) is 2.32. The van der Waals surface area contributed by atoms with Crippen LogP contribution in [0.1, 0.15) is 18.7 Å². The molecule has 0 atom stereocenters. The number of nitriles is 1. The Hall–Kier alpha value is -1.63. The zero-order chi connectivity index (χ0) is 9.97. The molecule has 1 aliphatic rings. The Labute approximate surface area is 83.2 Å². The van der Waals surface area contributed by atoms with Crippen LogP contribution < -0.4 is 4.90 Å². The molecule has 0 N–H and O–H groups in total. The molecule has 1 aromatic heterocycles. The van der Waals surface area contributed by atoms with Crippen molar-refractivity contribution in [2.45, 2.75) is 12.8 Å². The zero-order valence-electron chi connectivity index (χ0n) is 8.14. The average molecular weight is 188 g/mol. The van der Waals surface area contributed by atoms with Crippen molar-refractivity contribution in [2.24, 2.45) is 5.92 Å². The molecule has 1 aromatic rings. The fourth-order valence-corrected chi connectivity index (χ4v) is 1.40. The van der Waals surface area contributed by atoms with E-state index in [0.717, 1.165) is 18.3 Å². The maximum Gasteiger partial charge on any atom is 0.234 e. The summed E-state index contributed by atoms with van der Waals surface area (Å²) in [6, 6.07) is 3.78. The third kappa shape index (κ3) is 1.99. The van der Waals surface area contributed by atoms with Gasteiger partial charge in [-0.3, -0.25) is 0 Å². The van der Waals surface area contributed by atoms with Crippen molar-refractivity contribution in [1.82, 2.24) is 9.97 Å². The highest BCUT2D eigenvalue weighted by atomic mass is 15.2. The first-order valence-electron chi connectivity index (χ1n) is 4.74. The molecule has 0 aliphatic heterocycles. The summed E-state index contributed by atoms with van der Waals surface area (Å²) < 4.78 is 0. The molecule has 0 bridgehead atoms. The van der Waals surface area contributed by atoms with Crippen molar-refractivity contribution < 1.29 is 0 Å². The minimum absolute atomic E-state index is 0.241. The van der Waals surface area contributed by atoms with Gasteiger partial charge in [0, 0.05) is 19.8 Å². The van der Waals surface area contributed by atoms with Crippen LogP contribution in [0.5, 0.6) is 0 Å². The van der Waals surface area contributed by atoms with Crippen molar-refractivity contribution in [2.75, 3.05) is 18.5 Å². The quantitative estimate of drug-likeness (QED) is 0.715. The van der Waals surface area contributed by atoms with Crippen molar-refractivity contribution >= 4 is 5.82 Å². The Bertz CT molecular complexity index is 365. The van der Waals surface area contributed by atoms with E-state index in [0.29, 0.717) is 0 Å². The fourth-order valence-electron chi connectivity index (χ4n) is 1.40. The van der Waals surface area contributed by atoms with Crippen LogP contribution in [0.3, 0.4) is 0 Å². The number of aromatic nitrogens is 2. The number of nitrogens with zero attached hydrogens (tertiary/aromatic N) is 4. The van der Waals surface area contributed by atoms with Crippen molar-refractivity contribution in [1.29, 1.82) is 5.26 Å². The molecule has 72 valence electrons. The molecule has 1 heterocycles. The molecule has 0 unspecified atom stereocenters. The second-order valence-electron chi connectivity index (χ2n) is 3.67. The van der Waals surface area contributed by atoms with E-state index in [9.17, 15) is 0 Å². The van der Waals surface area contributed by atoms with Gasteiger partial charge in [-0.25, -0.2) is 9.97 Å². The normalized spacial score (nSPS) is 14.9. The highest BCUT2D eigenvalue weighted by molar-refractivity contribution is 5.38. The lowest BCUT2D eigenvalue weighted by molar-refractivity contribution is 0.774. The van der Waals surface area contributed by atoms with E-state index in [2.05, 4.69) is 14.9 Å². The molecule has 0 spiro atoms. The third-order valence-corrected chi connectivity index (χ3v) is 2.36. The molecule has 1 aliphatic carbocycles. The van der Waals surface area contributed by atoms with Gasteiger partial charge in [0.15, 0.2) is 0 Å². The van der Waals surface area contributed by atoms with E-state index in [1.165, 1.54) is 12.8 Å². The third-order valence-electron chi connectivity index (χ3n) is 2.36. The number of hydrogen-bond acceptors (Lipinski definition) is 4. The summed E-state index contributed by atoms with van der Waals surface area (Å²) in [5.41, 5.74) is 0. The molecule has 14 heavy (non-hydrogen) atoms. The van der Waals surface area contributed by atoms with Crippen LogP contribution in [0.4, 0.5) is 5.82 Å². The standard InChI is InChI=1S/C10H12N4/c1-14(7-8-2-3-8)10-4-5-12-9(6-11)13-10/h4-5,8H,2-3,7H2,1H3. The van der Waals surface area contributed by atoms with Gasteiger partial charge in [0.1, 0.15) is 11.9 Å². The zero-order valence-corrected chi connectivity index (χ0v) is 8.14. The summed E-state index contributed by atoms with van der Waals surface area (Å²) in [4.78, 5) is 10.0. The summed E-state index contributed by atoms with van der Waals surface area (Å²) >= 11 is 0. The molecular formula is C10H12N4. The van der Waals surface area contributed by atoms with Crippen LogP contribution in [0.25, 0.3) is 0 Å². The van der Waals surface area contributed by atoms with Gasteiger partial charge in [0.05, 0.1) is 0 Å². The van der Waals surface area contributed by atoms with Gasteiger partial charge in [0.2, 0.25) is 5.82 Å². The molecule has 0 radical (unpaired) electrons. The van der Waals surface area contributed by atoms with E-state index in [-0.39, 0.29) is 5.82 Å². The van der Waals surface area contributed by atoms with Crippen molar-refractivity contribution in [3.63, 3.8) is 0 Å².